The van der Waals surface area contributed by atoms with Gasteiger partial charge in [0, 0.05) is 23.9 Å². The van der Waals surface area contributed by atoms with Crippen molar-refractivity contribution in [2.75, 3.05) is 19.7 Å². The number of thiophene rings is 1. The van der Waals surface area contributed by atoms with Crippen LogP contribution in [0.25, 0.3) is 11.1 Å². The Morgan fingerprint density at radius 2 is 1.64 bits per heavy atom. The van der Waals surface area contributed by atoms with Crippen molar-refractivity contribution in [2.45, 2.75) is 12.0 Å². The molecule has 2 aromatic carbocycles. The third kappa shape index (κ3) is 3.98. The third-order valence-electron chi connectivity index (χ3n) is 6.22. The molecule has 168 valence electrons. The molecule has 2 N–H and O–H groups in total. The Bertz CT molecular complexity index is 1160. The second kappa shape index (κ2) is 8.71. The van der Waals surface area contributed by atoms with E-state index in [-0.39, 0.29) is 31.5 Å². The number of carboxylic acids is 1. The number of ether oxygens (including phenoxy) is 1. The van der Waals surface area contributed by atoms with Crippen LogP contribution in [0.5, 0.6) is 0 Å². The minimum absolute atomic E-state index is 0.0780. The van der Waals surface area contributed by atoms with Gasteiger partial charge in [-0.05, 0) is 33.7 Å². The molecule has 1 aliphatic heterocycles. The summed E-state index contributed by atoms with van der Waals surface area (Å²) < 4.78 is 5.60. The summed E-state index contributed by atoms with van der Waals surface area (Å²) in [4.78, 5) is 38.9. The van der Waals surface area contributed by atoms with Gasteiger partial charge in [0.2, 0.25) is 0 Å². The molecule has 1 aliphatic carbocycles. The lowest BCUT2D eigenvalue weighted by atomic mass is 9.98. The van der Waals surface area contributed by atoms with Crippen LogP contribution in [0.4, 0.5) is 4.79 Å². The zero-order chi connectivity index (χ0) is 22.9. The number of rotatable bonds is 6. The van der Waals surface area contributed by atoms with Gasteiger partial charge < -0.3 is 20.1 Å². The van der Waals surface area contributed by atoms with Crippen molar-refractivity contribution < 1.29 is 24.2 Å². The molecule has 2 amide bonds. The fraction of sp³-hybridized carbons (Fsp3) is 0.240. The Labute approximate surface area is 194 Å². The number of benzene rings is 2. The summed E-state index contributed by atoms with van der Waals surface area (Å²) in [6.07, 6.45) is -0.682. The van der Waals surface area contributed by atoms with Crippen LogP contribution in [0.1, 0.15) is 28.0 Å². The second-order valence-electron chi connectivity index (χ2n) is 8.20. The molecular formula is C25H22N2O5S. The van der Waals surface area contributed by atoms with E-state index in [4.69, 9.17) is 9.84 Å². The molecule has 33 heavy (non-hydrogen) atoms. The Morgan fingerprint density at radius 3 is 2.21 bits per heavy atom. The lowest BCUT2D eigenvalue weighted by molar-refractivity contribution is -0.153. The molecule has 1 aromatic heterocycles. The molecule has 8 heteroatoms. The number of carbonyl (C=O) groups excluding carboxylic acids is 2. The molecule has 0 bridgehead atoms. The van der Waals surface area contributed by atoms with Gasteiger partial charge in [0.1, 0.15) is 12.6 Å². The van der Waals surface area contributed by atoms with Gasteiger partial charge >= 0.3 is 12.1 Å². The van der Waals surface area contributed by atoms with Crippen molar-refractivity contribution in [3.8, 4) is 11.1 Å². The summed E-state index contributed by atoms with van der Waals surface area (Å²) in [6, 6.07) is 18.8. The zero-order valence-electron chi connectivity index (χ0n) is 17.6. The van der Waals surface area contributed by atoms with E-state index in [0.29, 0.717) is 4.88 Å². The van der Waals surface area contributed by atoms with E-state index in [1.807, 2.05) is 41.8 Å². The van der Waals surface area contributed by atoms with Gasteiger partial charge in [-0.2, -0.15) is 0 Å². The molecule has 1 unspecified atom stereocenters. The maximum absolute atomic E-state index is 13.0. The van der Waals surface area contributed by atoms with E-state index >= 15 is 0 Å². The van der Waals surface area contributed by atoms with Crippen LogP contribution < -0.4 is 5.32 Å². The number of amides is 2. The first-order valence-electron chi connectivity index (χ1n) is 10.7. The summed E-state index contributed by atoms with van der Waals surface area (Å²) in [6.45, 7) is 0.431. The maximum Gasteiger partial charge on any atom is 0.408 e. The van der Waals surface area contributed by atoms with E-state index in [1.165, 1.54) is 16.2 Å². The zero-order valence-corrected chi connectivity index (χ0v) is 18.5. The topological polar surface area (TPSA) is 95.9 Å². The SMILES string of the molecule is O=C(NC(C(=O)N1CC(C(=O)O)C1)c1cccs1)OCC1c2ccccc2-c2ccccc21. The molecule has 1 atom stereocenters. The number of hydrogen-bond donors (Lipinski definition) is 2. The standard InChI is InChI=1S/C25H22N2O5S/c28-23(27-12-15(13-27)24(29)30)22(21-10-5-11-33-21)26-25(31)32-14-20-18-8-3-1-6-16(18)17-7-2-4-9-19(17)20/h1-11,15,20,22H,12-14H2,(H,26,31)(H,29,30). The quantitative estimate of drug-likeness (QED) is 0.580. The predicted octanol–water partition coefficient (Wildman–Crippen LogP) is 3.87. The van der Waals surface area contributed by atoms with Crippen LogP contribution in [-0.4, -0.2) is 47.7 Å². The van der Waals surface area contributed by atoms with E-state index in [2.05, 4.69) is 17.4 Å². The van der Waals surface area contributed by atoms with Crippen LogP contribution in [0.3, 0.4) is 0 Å². The highest BCUT2D eigenvalue weighted by molar-refractivity contribution is 7.10. The predicted molar refractivity (Wildman–Crippen MR) is 123 cm³/mol. The fourth-order valence-electron chi connectivity index (χ4n) is 4.47. The van der Waals surface area contributed by atoms with Crippen molar-refractivity contribution in [3.63, 3.8) is 0 Å². The summed E-state index contributed by atoms with van der Waals surface area (Å²) in [5, 5.41) is 13.6. The van der Waals surface area contributed by atoms with Crippen LogP contribution in [0.2, 0.25) is 0 Å². The summed E-state index contributed by atoms with van der Waals surface area (Å²) in [5.74, 6) is -1.89. The number of nitrogens with zero attached hydrogens (tertiary/aromatic N) is 1. The van der Waals surface area contributed by atoms with Gasteiger partial charge in [-0.15, -0.1) is 11.3 Å². The lowest BCUT2D eigenvalue weighted by Crippen LogP contribution is -2.56. The minimum Gasteiger partial charge on any atom is -0.481 e. The molecule has 0 saturated carbocycles. The number of alkyl carbamates (subject to hydrolysis) is 1. The van der Waals surface area contributed by atoms with Gasteiger partial charge in [-0.3, -0.25) is 9.59 Å². The minimum atomic E-state index is -0.920. The highest BCUT2D eigenvalue weighted by atomic mass is 32.1. The second-order valence-corrected chi connectivity index (χ2v) is 9.18. The molecule has 3 aromatic rings. The van der Waals surface area contributed by atoms with Crippen molar-refractivity contribution in [2.24, 2.45) is 5.92 Å². The number of fused-ring (bicyclic) bond motifs is 3. The van der Waals surface area contributed by atoms with E-state index in [9.17, 15) is 14.4 Å². The lowest BCUT2D eigenvalue weighted by Gasteiger charge is -2.38. The van der Waals surface area contributed by atoms with Crippen LogP contribution >= 0.6 is 11.3 Å². The first kappa shape index (κ1) is 21.2. The van der Waals surface area contributed by atoms with Gasteiger partial charge in [0.15, 0.2) is 0 Å². The normalized spacial score (nSPS) is 15.8. The van der Waals surface area contributed by atoms with E-state index in [0.717, 1.165) is 22.3 Å². The summed E-state index contributed by atoms with van der Waals surface area (Å²) in [5.41, 5.74) is 4.49. The number of likely N-dealkylation sites (tertiary alicyclic amines) is 1. The molecule has 2 aliphatic rings. The van der Waals surface area contributed by atoms with Crippen LogP contribution in [0, 0.1) is 5.92 Å². The summed E-state index contributed by atoms with van der Waals surface area (Å²) >= 11 is 1.35. The number of carbonyl (C=O) groups is 3. The van der Waals surface area contributed by atoms with Crippen LogP contribution in [0.15, 0.2) is 66.0 Å². The Balaban J connectivity index is 1.28. The largest absolute Gasteiger partial charge is 0.481 e. The number of hydrogen-bond acceptors (Lipinski definition) is 5. The molecule has 7 nitrogen and oxygen atoms in total. The van der Waals surface area contributed by atoms with E-state index < -0.39 is 24.0 Å². The first-order valence-corrected chi connectivity index (χ1v) is 11.6. The first-order chi connectivity index (χ1) is 16.0. The third-order valence-corrected chi connectivity index (χ3v) is 7.16. The fourth-order valence-corrected chi connectivity index (χ4v) is 5.23. The van der Waals surface area contributed by atoms with Gasteiger partial charge in [-0.1, -0.05) is 54.6 Å². The number of nitrogens with one attached hydrogen (secondary N) is 1. The monoisotopic (exact) mass is 462 g/mol. The average molecular weight is 463 g/mol. The molecule has 1 fully saturated rings. The highest BCUT2D eigenvalue weighted by Gasteiger charge is 2.40. The summed E-state index contributed by atoms with van der Waals surface area (Å²) in [7, 11) is 0. The van der Waals surface area contributed by atoms with E-state index in [1.54, 1.807) is 12.1 Å². The Kier molecular flexibility index (Phi) is 5.60. The molecular weight excluding hydrogens is 440 g/mol. The smallest absolute Gasteiger partial charge is 0.408 e. The Morgan fingerprint density at radius 1 is 1.00 bits per heavy atom. The van der Waals surface area contributed by atoms with Gasteiger partial charge in [0.05, 0.1) is 5.92 Å². The van der Waals surface area contributed by atoms with Crippen molar-refractivity contribution in [1.82, 2.24) is 10.2 Å². The van der Waals surface area contributed by atoms with Gasteiger partial charge in [0.25, 0.3) is 5.91 Å². The average Bonchev–Trinajstić information content (AvgIpc) is 3.41. The van der Waals surface area contributed by atoms with Crippen molar-refractivity contribution in [1.29, 1.82) is 0 Å². The number of aliphatic carboxylic acids is 1. The molecule has 2 heterocycles. The maximum atomic E-state index is 13.0. The molecule has 1 saturated heterocycles. The van der Waals surface area contributed by atoms with Crippen LogP contribution in [-0.2, 0) is 14.3 Å². The molecule has 0 radical (unpaired) electrons. The van der Waals surface area contributed by atoms with Crippen molar-refractivity contribution >= 4 is 29.3 Å². The van der Waals surface area contributed by atoms with Crippen molar-refractivity contribution in [3.05, 3.63) is 82.0 Å². The number of carboxylic acid groups (broad SMARTS) is 1. The Hall–Kier alpha value is -3.65. The molecule has 0 spiro atoms. The highest BCUT2D eigenvalue weighted by Crippen LogP contribution is 2.44. The van der Waals surface area contributed by atoms with Gasteiger partial charge in [-0.25, -0.2) is 4.79 Å². The molecule has 5 rings (SSSR count).